The van der Waals surface area contributed by atoms with Crippen molar-refractivity contribution in [1.82, 2.24) is 4.90 Å². The van der Waals surface area contributed by atoms with Crippen LogP contribution in [0.4, 0.5) is 18.9 Å². The number of β-lactam (4-membered cyclic amide) rings is 1. The van der Waals surface area contributed by atoms with Crippen LogP contribution < -0.4 is 0 Å². The third-order valence-corrected chi connectivity index (χ3v) is 6.27. The van der Waals surface area contributed by atoms with Crippen LogP contribution in [0, 0.1) is 22.0 Å². The number of ether oxygens (including phenoxy) is 1. The molecule has 0 radical (unpaired) electrons. The number of non-ortho nitro benzene ring substituents is 1. The molecule has 1 unspecified atom stereocenters. The van der Waals surface area contributed by atoms with E-state index < -0.39 is 74.5 Å². The summed E-state index contributed by atoms with van der Waals surface area (Å²) in [6.45, 7) is 2.03. The second-order valence-corrected chi connectivity index (χ2v) is 8.99. The quantitative estimate of drug-likeness (QED) is 0.149. The van der Waals surface area contributed by atoms with Gasteiger partial charge in [0.05, 0.1) is 23.0 Å². The van der Waals surface area contributed by atoms with E-state index in [4.69, 9.17) is 4.74 Å². The van der Waals surface area contributed by atoms with Gasteiger partial charge in [0, 0.05) is 18.1 Å². The topological polar surface area (TPSA) is 153 Å². The smallest absolute Gasteiger partial charge is 0.456 e. The van der Waals surface area contributed by atoms with Gasteiger partial charge in [-0.3, -0.25) is 19.8 Å². The number of rotatable bonds is 7. The standard InChI is InChI=1S/C18H17F3N2O9S/c1-8-13-12(9(2)24)16(25)22(13)14(15(8)32-33(29,30)18(19,20)21)17(26)31-7-10-3-5-11(6-4-10)23(27)28/h3-6,8-9,12-13,24H,7H2,1-2H3/t8-,9?,12-,13-/m1/s1. The first-order chi connectivity index (χ1) is 15.2. The molecule has 0 saturated carbocycles. The van der Waals surface area contributed by atoms with Crippen LogP contribution in [0.2, 0.25) is 0 Å². The van der Waals surface area contributed by atoms with Gasteiger partial charge in [-0.2, -0.15) is 21.6 Å². The summed E-state index contributed by atoms with van der Waals surface area (Å²) in [5.74, 6) is -5.35. The first-order valence-electron chi connectivity index (χ1n) is 9.34. The zero-order valence-electron chi connectivity index (χ0n) is 17.0. The van der Waals surface area contributed by atoms with E-state index in [-0.39, 0.29) is 11.3 Å². The lowest BCUT2D eigenvalue weighted by atomic mass is 9.79. The Bertz CT molecular complexity index is 1130. The van der Waals surface area contributed by atoms with Gasteiger partial charge in [-0.15, -0.1) is 0 Å². The Kier molecular flexibility index (Phi) is 6.14. The summed E-state index contributed by atoms with van der Waals surface area (Å²) in [5, 5.41) is 20.5. The lowest BCUT2D eigenvalue weighted by Crippen LogP contribution is -2.63. The van der Waals surface area contributed by atoms with Crippen molar-refractivity contribution in [2.45, 2.75) is 38.1 Å². The minimum absolute atomic E-state index is 0.233. The molecule has 0 aliphatic carbocycles. The third kappa shape index (κ3) is 4.25. The number of benzene rings is 1. The molecule has 11 nitrogen and oxygen atoms in total. The molecule has 4 atom stereocenters. The van der Waals surface area contributed by atoms with Crippen LogP contribution in [0.15, 0.2) is 35.7 Å². The van der Waals surface area contributed by atoms with Crippen LogP contribution in [-0.4, -0.2) is 52.9 Å². The summed E-state index contributed by atoms with van der Waals surface area (Å²) in [6, 6.07) is 3.78. The van der Waals surface area contributed by atoms with Gasteiger partial charge in [-0.1, -0.05) is 6.92 Å². The number of nitrogens with zero attached hydrogens (tertiary/aromatic N) is 2. The maximum atomic E-state index is 12.9. The fourth-order valence-corrected chi connectivity index (χ4v) is 4.28. The SMILES string of the molecule is CC(O)[C@H]1C(=O)N2C(C(=O)OCc3ccc([N+](=O)[O-])cc3)=C(OS(=O)(=O)C(F)(F)F)[C@H](C)[C@H]12. The maximum absolute atomic E-state index is 12.9. The number of aliphatic hydroxyl groups excluding tert-OH is 1. The van der Waals surface area contributed by atoms with Crippen LogP contribution >= 0.6 is 0 Å². The minimum atomic E-state index is -6.16. The van der Waals surface area contributed by atoms with Crippen molar-refractivity contribution >= 4 is 27.7 Å². The minimum Gasteiger partial charge on any atom is -0.456 e. The molecule has 2 aliphatic rings. The Morgan fingerprint density at radius 3 is 2.36 bits per heavy atom. The molecule has 1 fully saturated rings. The zero-order valence-corrected chi connectivity index (χ0v) is 17.8. The van der Waals surface area contributed by atoms with Gasteiger partial charge in [0.1, 0.15) is 6.61 Å². The van der Waals surface area contributed by atoms with Gasteiger partial charge >= 0.3 is 21.6 Å². The van der Waals surface area contributed by atoms with Gasteiger partial charge in [0.25, 0.3) is 5.69 Å². The molecule has 15 heteroatoms. The number of nitro benzene ring substituents is 1. The summed E-state index contributed by atoms with van der Waals surface area (Å²) < 4.78 is 71.0. The Morgan fingerprint density at radius 1 is 1.30 bits per heavy atom. The maximum Gasteiger partial charge on any atom is 0.534 e. The van der Waals surface area contributed by atoms with E-state index in [0.717, 1.165) is 17.0 Å². The first-order valence-corrected chi connectivity index (χ1v) is 10.7. The molecule has 1 aromatic rings. The predicted molar refractivity (Wildman–Crippen MR) is 101 cm³/mol. The van der Waals surface area contributed by atoms with Crippen molar-refractivity contribution in [3.05, 3.63) is 51.4 Å². The Labute approximate surface area is 184 Å². The zero-order chi connectivity index (χ0) is 24.9. The highest BCUT2D eigenvalue weighted by Gasteiger charge is 2.62. The fraction of sp³-hybridized carbons (Fsp3) is 0.444. The van der Waals surface area contributed by atoms with E-state index in [1.807, 2.05) is 0 Å². The predicted octanol–water partition coefficient (Wildman–Crippen LogP) is 1.57. The van der Waals surface area contributed by atoms with E-state index in [2.05, 4.69) is 4.18 Å². The van der Waals surface area contributed by atoms with Crippen molar-refractivity contribution in [1.29, 1.82) is 0 Å². The van der Waals surface area contributed by atoms with Crippen molar-refractivity contribution < 1.29 is 50.1 Å². The molecule has 180 valence electrons. The number of hydrogen-bond donors (Lipinski definition) is 1. The summed E-state index contributed by atoms with van der Waals surface area (Å²) in [7, 11) is -6.16. The monoisotopic (exact) mass is 494 g/mol. The highest BCUT2D eigenvalue weighted by atomic mass is 32.2. The third-order valence-electron chi connectivity index (χ3n) is 5.30. The van der Waals surface area contributed by atoms with Crippen molar-refractivity contribution in [3.63, 3.8) is 0 Å². The highest BCUT2D eigenvalue weighted by molar-refractivity contribution is 7.87. The number of carbonyl (C=O) groups excluding carboxylic acids is 2. The Morgan fingerprint density at radius 2 is 1.88 bits per heavy atom. The molecule has 1 amide bonds. The molecule has 2 heterocycles. The normalized spacial score (nSPS) is 23.6. The lowest BCUT2D eigenvalue weighted by Gasteiger charge is -2.46. The van der Waals surface area contributed by atoms with Crippen LogP contribution in [0.5, 0.6) is 0 Å². The van der Waals surface area contributed by atoms with Crippen LogP contribution in [0.25, 0.3) is 0 Å². The Hall–Kier alpha value is -3.20. The molecule has 2 aliphatic heterocycles. The van der Waals surface area contributed by atoms with E-state index in [1.54, 1.807) is 0 Å². The molecule has 0 aromatic heterocycles. The number of esters is 1. The van der Waals surface area contributed by atoms with Gasteiger partial charge in [0.2, 0.25) is 5.91 Å². The van der Waals surface area contributed by atoms with Gasteiger partial charge in [-0.25, -0.2) is 4.79 Å². The number of aliphatic hydroxyl groups is 1. The molecule has 0 spiro atoms. The first kappa shape index (κ1) is 24.4. The largest absolute Gasteiger partial charge is 0.534 e. The number of halogens is 3. The molecule has 1 aromatic carbocycles. The number of nitro groups is 1. The number of fused-ring (bicyclic) bond motifs is 1. The average Bonchev–Trinajstić information content (AvgIpc) is 2.93. The second kappa shape index (κ2) is 8.30. The molecule has 3 rings (SSSR count). The molecule has 1 N–H and O–H groups in total. The summed E-state index contributed by atoms with van der Waals surface area (Å²) >= 11 is 0. The second-order valence-electron chi connectivity index (χ2n) is 7.45. The van der Waals surface area contributed by atoms with Gasteiger partial charge in [-0.05, 0) is 24.6 Å². The van der Waals surface area contributed by atoms with Crippen LogP contribution in [0.1, 0.15) is 19.4 Å². The summed E-state index contributed by atoms with van der Waals surface area (Å²) in [4.78, 5) is 36.0. The fourth-order valence-electron chi connectivity index (χ4n) is 3.72. The van der Waals surface area contributed by atoms with Gasteiger partial charge < -0.3 is 14.0 Å². The number of amides is 1. The Balaban J connectivity index is 1.91. The molecule has 33 heavy (non-hydrogen) atoms. The van der Waals surface area contributed by atoms with Crippen LogP contribution in [-0.2, 0) is 35.2 Å². The summed E-state index contributed by atoms with van der Waals surface area (Å²) in [6.07, 6.45) is -1.22. The van der Waals surface area contributed by atoms with Crippen molar-refractivity contribution in [2.75, 3.05) is 0 Å². The number of carbonyl (C=O) groups is 2. The highest BCUT2D eigenvalue weighted by Crippen LogP contribution is 2.48. The van der Waals surface area contributed by atoms with Crippen LogP contribution in [0.3, 0.4) is 0 Å². The van der Waals surface area contributed by atoms with E-state index in [0.29, 0.717) is 0 Å². The summed E-state index contributed by atoms with van der Waals surface area (Å²) in [5.41, 5.74) is -6.56. The molecular formula is C18H17F3N2O9S. The number of hydrogen-bond acceptors (Lipinski definition) is 9. The van der Waals surface area contributed by atoms with E-state index in [1.165, 1.54) is 26.0 Å². The number of alkyl halides is 3. The van der Waals surface area contributed by atoms with Crippen molar-refractivity contribution in [3.8, 4) is 0 Å². The average molecular weight is 494 g/mol. The van der Waals surface area contributed by atoms with Gasteiger partial charge in [0.15, 0.2) is 11.5 Å². The van der Waals surface area contributed by atoms with E-state index in [9.17, 15) is 46.4 Å². The molecule has 0 bridgehead atoms. The molecule has 1 saturated heterocycles. The van der Waals surface area contributed by atoms with Crippen molar-refractivity contribution in [2.24, 2.45) is 11.8 Å². The molecular weight excluding hydrogens is 477 g/mol. The van der Waals surface area contributed by atoms with E-state index >= 15 is 0 Å². The lowest BCUT2D eigenvalue weighted by molar-refractivity contribution is -0.384.